The van der Waals surface area contributed by atoms with Crippen molar-refractivity contribution in [1.29, 1.82) is 0 Å². The van der Waals surface area contributed by atoms with Crippen LogP contribution in [0.15, 0.2) is 47.4 Å². The number of hydrogen-bond donors (Lipinski definition) is 1. The van der Waals surface area contributed by atoms with Gasteiger partial charge in [0.15, 0.2) is 0 Å². The summed E-state index contributed by atoms with van der Waals surface area (Å²) in [6, 6.07) is 14.8. The highest BCUT2D eigenvalue weighted by Gasteiger charge is 2.03. The number of thioether (sulfide) groups is 1. The van der Waals surface area contributed by atoms with Crippen LogP contribution in [-0.4, -0.2) is 6.04 Å². The number of rotatable bonds is 6. The molecule has 0 aliphatic carbocycles. The van der Waals surface area contributed by atoms with E-state index >= 15 is 0 Å². The monoisotopic (exact) mass is 339 g/mol. The first-order valence-corrected chi connectivity index (χ1v) is 8.68. The smallest absolute Gasteiger partial charge is 0.0461 e. The van der Waals surface area contributed by atoms with Crippen LogP contribution in [0.2, 0.25) is 10.0 Å². The average Bonchev–Trinajstić information content (AvgIpc) is 2.45. The van der Waals surface area contributed by atoms with Crippen LogP contribution in [0.5, 0.6) is 0 Å². The zero-order valence-corrected chi connectivity index (χ0v) is 14.5. The van der Waals surface area contributed by atoms with Gasteiger partial charge in [0, 0.05) is 33.3 Å². The molecule has 112 valence electrons. The fourth-order valence-electron chi connectivity index (χ4n) is 1.87. The second-order valence-corrected chi connectivity index (χ2v) is 7.10. The minimum absolute atomic E-state index is 0.495. The average molecular weight is 340 g/mol. The molecule has 0 saturated carbocycles. The van der Waals surface area contributed by atoms with Crippen molar-refractivity contribution in [3.63, 3.8) is 0 Å². The zero-order chi connectivity index (χ0) is 15.2. The van der Waals surface area contributed by atoms with E-state index in [4.69, 9.17) is 23.2 Å². The molecule has 4 heteroatoms. The lowest BCUT2D eigenvalue weighted by Gasteiger charge is -2.10. The summed E-state index contributed by atoms with van der Waals surface area (Å²) in [5.41, 5.74) is 2.41. The summed E-state index contributed by atoms with van der Waals surface area (Å²) in [6.07, 6.45) is 0. The molecule has 1 N–H and O–H groups in total. The number of hydrogen-bond acceptors (Lipinski definition) is 2. The molecule has 0 bridgehead atoms. The number of halogens is 2. The van der Waals surface area contributed by atoms with Gasteiger partial charge >= 0.3 is 0 Å². The van der Waals surface area contributed by atoms with Crippen molar-refractivity contribution in [1.82, 2.24) is 5.32 Å². The predicted molar refractivity (Wildman–Crippen MR) is 94.4 cm³/mol. The first kappa shape index (κ1) is 16.7. The normalized spacial score (nSPS) is 11.1. The summed E-state index contributed by atoms with van der Waals surface area (Å²) in [5.74, 6) is 0.844. The topological polar surface area (TPSA) is 12.0 Å². The highest BCUT2D eigenvalue weighted by atomic mass is 35.5. The van der Waals surface area contributed by atoms with Gasteiger partial charge in [-0.1, -0.05) is 55.2 Å². The molecule has 1 nitrogen and oxygen atoms in total. The van der Waals surface area contributed by atoms with Crippen LogP contribution >= 0.6 is 35.0 Å². The summed E-state index contributed by atoms with van der Waals surface area (Å²) in [4.78, 5) is 1.25. The van der Waals surface area contributed by atoms with Crippen LogP contribution in [0.4, 0.5) is 0 Å². The third kappa shape index (κ3) is 5.55. The maximum Gasteiger partial charge on any atom is 0.0461 e. The third-order valence-corrected chi connectivity index (χ3v) is 4.65. The van der Waals surface area contributed by atoms with Gasteiger partial charge in [0.05, 0.1) is 0 Å². The molecule has 2 aromatic carbocycles. The van der Waals surface area contributed by atoms with Gasteiger partial charge in [0.2, 0.25) is 0 Å². The van der Waals surface area contributed by atoms with E-state index in [9.17, 15) is 0 Å². The van der Waals surface area contributed by atoms with Crippen molar-refractivity contribution in [2.45, 2.75) is 37.1 Å². The maximum atomic E-state index is 6.20. The lowest BCUT2D eigenvalue weighted by atomic mass is 10.2. The fourth-order valence-corrected chi connectivity index (χ4v) is 3.40. The van der Waals surface area contributed by atoms with Gasteiger partial charge in [-0.15, -0.1) is 11.8 Å². The molecule has 0 atom stereocenters. The first-order valence-electron chi connectivity index (χ1n) is 6.93. The van der Waals surface area contributed by atoms with Crippen molar-refractivity contribution in [3.05, 3.63) is 63.6 Å². The highest BCUT2D eigenvalue weighted by Crippen LogP contribution is 2.28. The Morgan fingerprint density at radius 2 is 1.90 bits per heavy atom. The Labute approximate surface area is 141 Å². The highest BCUT2D eigenvalue weighted by molar-refractivity contribution is 7.98. The molecular formula is C17H19Cl2NS. The minimum Gasteiger partial charge on any atom is -0.310 e. The van der Waals surface area contributed by atoms with Crippen molar-refractivity contribution < 1.29 is 0 Å². The molecule has 0 amide bonds. The summed E-state index contributed by atoms with van der Waals surface area (Å²) in [5, 5.41) is 4.84. The molecular weight excluding hydrogens is 321 g/mol. The van der Waals surface area contributed by atoms with Gasteiger partial charge in [0.1, 0.15) is 0 Å². The number of benzene rings is 2. The van der Waals surface area contributed by atoms with Crippen LogP contribution in [0, 0.1) is 0 Å². The molecule has 0 fully saturated rings. The quantitative estimate of drug-likeness (QED) is 0.669. The Bertz CT molecular complexity index is 599. The van der Waals surface area contributed by atoms with Gasteiger partial charge in [-0.2, -0.15) is 0 Å². The second-order valence-electron chi connectivity index (χ2n) is 5.21. The molecule has 0 spiro atoms. The minimum atomic E-state index is 0.495. The van der Waals surface area contributed by atoms with E-state index in [1.54, 1.807) is 17.8 Å². The molecule has 0 aromatic heterocycles. The van der Waals surface area contributed by atoms with E-state index < -0.39 is 0 Å². The summed E-state index contributed by atoms with van der Waals surface area (Å²) in [6.45, 7) is 5.20. The van der Waals surface area contributed by atoms with E-state index in [0.717, 1.165) is 22.9 Å². The predicted octanol–water partition coefficient (Wildman–Crippen LogP) is 5.78. The zero-order valence-electron chi connectivity index (χ0n) is 12.2. The largest absolute Gasteiger partial charge is 0.310 e. The van der Waals surface area contributed by atoms with E-state index in [-0.39, 0.29) is 0 Å². The summed E-state index contributed by atoms with van der Waals surface area (Å²) >= 11 is 13.9. The van der Waals surface area contributed by atoms with E-state index in [0.29, 0.717) is 11.1 Å². The molecule has 0 heterocycles. The Hall–Kier alpha value is -0.670. The molecule has 0 saturated heterocycles. The van der Waals surface area contributed by atoms with Crippen LogP contribution in [0.1, 0.15) is 25.0 Å². The Morgan fingerprint density at radius 3 is 2.62 bits per heavy atom. The SMILES string of the molecule is CC(C)NCc1cccc(SCc2ccc(Cl)cc2Cl)c1. The van der Waals surface area contributed by atoms with E-state index in [1.807, 2.05) is 12.1 Å². The van der Waals surface area contributed by atoms with Crippen LogP contribution < -0.4 is 5.32 Å². The van der Waals surface area contributed by atoms with Gasteiger partial charge < -0.3 is 5.32 Å². The fraction of sp³-hybridized carbons (Fsp3) is 0.294. The van der Waals surface area contributed by atoms with Crippen LogP contribution in [-0.2, 0) is 12.3 Å². The van der Waals surface area contributed by atoms with Crippen molar-refractivity contribution in [2.75, 3.05) is 0 Å². The standard InChI is InChI=1S/C17H19Cl2NS/c1-12(2)20-10-13-4-3-5-16(8-13)21-11-14-6-7-15(18)9-17(14)19/h3-9,12,20H,10-11H2,1-2H3. The van der Waals surface area contributed by atoms with Crippen LogP contribution in [0.25, 0.3) is 0 Å². The third-order valence-electron chi connectivity index (χ3n) is 3.02. The van der Waals surface area contributed by atoms with E-state index in [1.165, 1.54) is 10.5 Å². The second kappa shape index (κ2) is 8.09. The van der Waals surface area contributed by atoms with Crippen molar-refractivity contribution in [2.24, 2.45) is 0 Å². The Morgan fingerprint density at radius 1 is 1.10 bits per heavy atom. The number of nitrogens with one attached hydrogen (secondary N) is 1. The maximum absolute atomic E-state index is 6.20. The molecule has 0 unspecified atom stereocenters. The summed E-state index contributed by atoms with van der Waals surface area (Å²) < 4.78 is 0. The lowest BCUT2D eigenvalue weighted by molar-refractivity contribution is 0.588. The Kier molecular flexibility index (Phi) is 6.43. The molecule has 2 aromatic rings. The molecule has 21 heavy (non-hydrogen) atoms. The van der Waals surface area contributed by atoms with Gasteiger partial charge in [-0.3, -0.25) is 0 Å². The Balaban J connectivity index is 1.98. The van der Waals surface area contributed by atoms with Gasteiger partial charge in [0.25, 0.3) is 0 Å². The van der Waals surface area contributed by atoms with Gasteiger partial charge in [-0.25, -0.2) is 0 Å². The lowest BCUT2D eigenvalue weighted by Crippen LogP contribution is -2.21. The molecule has 2 rings (SSSR count). The van der Waals surface area contributed by atoms with Gasteiger partial charge in [-0.05, 0) is 35.4 Å². The summed E-state index contributed by atoms with van der Waals surface area (Å²) in [7, 11) is 0. The van der Waals surface area contributed by atoms with Crippen LogP contribution in [0.3, 0.4) is 0 Å². The first-order chi connectivity index (χ1) is 10.0. The van der Waals surface area contributed by atoms with Crippen molar-refractivity contribution >= 4 is 35.0 Å². The molecule has 0 radical (unpaired) electrons. The van der Waals surface area contributed by atoms with Crippen molar-refractivity contribution in [3.8, 4) is 0 Å². The molecule has 0 aliphatic rings. The molecule has 0 aliphatic heterocycles. The van der Waals surface area contributed by atoms with E-state index in [2.05, 4.69) is 43.4 Å².